The van der Waals surface area contributed by atoms with Gasteiger partial charge < -0.3 is 14.6 Å². The molecule has 6 nitrogen and oxygen atoms in total. The Hall–Kier alpha value is -2.67. The number of amides is 1. The van der Waals surface area contributed by atoms with Gasteiger partial charge in [-0.3, -0.25) is 4.79 Å². The van der Waals surface area contributed by atoms with Crippen molar-refractivity contribution >= 4 is 21.8 Å². The molecule has 2 aromatic carbocycles. The van der Waals surface area contributed by atoms with E-state index in [1.165, 1.54) is 0 Å². The summed E-state index contributed by atoms with van der Waals surface area (Å²) in [4.78, 5) is 16.4. The maximum atomic E-state index is 12.1. The summed E-state index contributed by atoms with van der Waals surface area (Å²) < 4.78 is 11.8. The molecule has 0 fully saturated rings. The molecule has 0 aliphatic carbocycles. The van der Waals surface area contributed by atoms with Crippen LogP contribution in [-0.2, 0) is 16.8 Å². The monoisotopic (exact) mass is 443 g/mol. The molecule has 1 N–H and O–H groups in total. The predicted molar refractivity (Wildman–Crippen MR) is 110 cm³/mol. The van der Waals surface area contributed by atoms with Crippen LogP contribution in [0.5, 0.6) is 5.75 Å². The zero-order valence-electron chi connectivity index (χ0n) is 16.0. The van der Waals surface area contributed by atoms with Crippen LogP contribution in [0.15, 0.2) is 57.5 Å². The van der Waals surface area contributed by atoms with E-state index in [0.29, 0.717) is 17.5 Å². The third-order valence-corrected chi connectivity index (χ3v) is 4.53. The molecule has 0 saturated heterocycles. The van der Waals surface area contributed by atoms with Gasteiger partial charge in [0.15, 0.2) is 6.61 Å². The summed E-state index contributed by atoms with van der Waals surface area (Å²) >= 11 is 3.41. The van der Waals surface area contributed by atoms with Gasteiger partial charge in [-0.15, -0.1) is 0 Å². The van der Waals surface area contributed by atoms with E-state index >= 15 is 0 Å². The Labute approximate surface area is 172 Å². The fraction of sp³-hybridized carbons (Fsp3) is 0.286. The van der Waals surface area contributed by atoms with Crippen molar-refractivity contribution in [1.82, 2.24) is 15.5 Å². The second-order valence-electron chi connectivity index (χ2n) is 7.33. The molecule has 0 spiro atoms. The largest absolute Gasteiger partial charge is 0.483 e. The molecule has 0 aliphatic heterocycles. The first-order chi connectivity index (χ1) is 13.3. The number of carbonyl (C=O) groups is 1. The topological polar surface area (TPSA) is 77.2 Å². The highest BCUT2D eigenvalue weighted by Crippen LogP contribution is 2.30. The van der Waals surface area contributed by atoms with Gasteiger partial charge in [-0.05, 0) is 29.2 Å². The predicted octanol–water partition coefficient (Wildman–Crippen LogP) is 4.49. The molecule has 1 heterocycles. The van der Waals surface area contributed by atoms with Gasteiger partial charge >= 0.3 is 0 Å². The summed E-state index contributed by atoms with van der Waals surface area (Å²) in [6, 6.07) is 15.3. The number of carbonyl (C=O) groups excluding carboxylic acids is 1. The number of hydrogen-bond donors (Lipinski definition) is 1. The minimum atomic E-state index is -0.258. The maximum Gasteiger partial charge on any atom is 0.258 e. The third kappa shape index (κ3) is 5.19. The number of aromatic nitrogens is 2. The molecule has 0 radical (unpaired) electrons. The van der Waals surface area contributed by atoms with Crippen molar-refractivity contribution in [3.05, 3.63) is 64.5 Å². The van der Waals surface area contributed by atoms with E-state index in [-0.39, 0.29) is 24.5 Å². The zero-order valence-corrected chi connectivity index (χ0v) is 17.6. The van der Waals surface area contributed by atoms with E-state index in [1.54, 1.807) is 0 Å². The molecule has 0 atom stereocenters. The Morgan fingerprint density at radius 2 is 1.96 bits per heavy atom. The Balaban J connectivity index is 1.55. The molecule has 0 saturated carbocycles. The van der Waals surface area contributed by atoms with Gasteiger partial charge in [-0.2, -0.15) is 4.98 Å². The van der Waals surface area contributed by atoms with Gasteiger partial charge in [-0.1, -0.05) is 72.2 Å². The lowest BCUT2D eigenvalue weighted by molar-refractivity contribution is -0.123. The SMILES string of the molecule is CC(C)(C)c1ccccc1OCC(=O)NCc1nc(-c2cccc(Br)c2)no1. The number of hydrogen-bond acceptors (Lipinski definition) is 5. The summed E-state index contributed by atoms with van der Waals surface area (Å²) in [6.45, 7) is 6.37. The van der Waals surface area contributed by atoms with Crippen LogP contribution in [0, 0.1) is 0 Å². The van der Waals surface area contributed by atoms with Crippen LogP contribution >= 0.6 is 15.9 Å². The summed E-state index contributed by atoms with van der Waals surface area (Å²) in [7, 11) is 0. The fourth-order valence-electron chi connectivity index (χ4n) is 2.65. The lowest BCUT2D eigenvalue weighted by atomic mass is 9.86. The fourth-order valence-corrected chi connectivity index (χ4v) is 3.05. The number of benzene rings is 2. The molecular weight excluding hydrogens is 422 g/mol. The van der Waals surface area contributed by atoms with Crippen molar-refractivity contribution in [2.45, 2.75) is 32.7 Å². The van der Waals surface area contributed by atoms with Gasteiger partial charge in [0.1, 0.15) is 5.75 Å². The van der Waals surface area contributed by atoms with Gasteiger partial charge in [-0.25, -0.2) is 0 Å². The highest BCUT2D eigenvalue weighted by atomic mass is 79.9. The van der Waals surface area contributed by atoms with Crippen LogP contribution in [0.2, 0.25) is 0 Å². The van der Waals surface area contributed by atoms with Crippen LogP contribution in [-0.4, -0.2) is 22.7 Å². The van der Waals surface area contributed by atoms with E-state index in [1.807, 2.05) is 48.5 Å². The molecule has 7 heteroatoms. The molecule has 3 rings (SSSR count). The quantitative estimate of drug-likeness (QED) is 0.606. The first-order valence-corrected chi connectivity index (χ1v) is 9.70. The molecule has 3 aromatic rings. The summed E-state index contributed by atoms with van der Waals surface area (Å²) in [5.41, 5.74) is 1.82. The highest BCUT2D eigenvalue weighted by molar-refractivity contribution is 9.10. The van der Waals surface area contributed by atoms with Gasteiger partial charge in [0.2, 0.25) is 11.7 Å². The van der Waals surface area contributed by atoms with Crippen molar-refractivity contribution in [3.63, 3.8) is 0 Å². The minimum absolute atomic E-state index is 0.0698. The lowest BCUT2D eigenvalue weighted by Crippen LogP contribution is -2.29. The van der Waals surface area contributed by atoms with Crippen molar-refractivity contribution in [1.29, 1.82) is 0 Å². The molecule has 28 heavy (non-hydrogen) atoms. The van der Waals surface area contributed by atoms with Crippen molar-refractivity contribution in [3.8, 4) is 17.1 Å². The van der Waals surface area contributed by atoms with Gasteiger partial charge in [0.25, 0.3) is 5.91 Å². The number of para-hydroxylation sites is 1. The van der Waals surface area contributed by atoms with Gasteiger partial charge in [0, 0.05) is 10.0 Å². The van der Waals surface area contributed by atoms with Crippen molar-refractivity contribution in [2.24, 2.45) is 0 Å². The van der Waals surface area contributed by atoms with E-state index < -0.39 is 0 Å². The maximum absolute atomic E-state index is 12.1. The normalized spacial score (nSPS) is 11.3. The second-order valence-corrected chi connectivity index (χ2v) is 8.25. The van der Waals surface area contributed by atoms with Crippen LogP contribution in [0.4, 0.5) is 0 Å². The highest BCUT2D eigenvalue weighted by Gasteiger charge is 2.19. The van der Waals surface area contributed by atoms with E-state index in [0.717, 1.165) is 15.6 Å². The average molecular weight is 444 g/mol. The summed E-state index contributed by atoms with van der Waals surface area (Å²) in [5, 5.41) is 6.68. The molecule has 146 valence electrons. The number of ether oxygens (including phenoxy) is 1. The average Bonchev–Trinajstić information content (AvgIpc) is 3.13. The zero-order chi connectivity index (χ0) is 20.1. The number of nitrogens with one attached hydrogen (secondary N) is 1. The van der Waals surface area contributed by atoms with E-state index in [2.05, 4.69) is 52.2 Å². The molecular formula is C21H22BrN3O3. The second kappa shape index (κ2) is 8.56. The summed E-state index contributed by atoms with van der Waals surface area (Å²) in [6.07, 6.45) is 0. The third-order valence-electron chi connectivity index (χ3n) is 4.04. The standard InChI is InChI=1S/C21H22BrN3O3/c1-21(2,3)16-9-4-5-10-17(16)27-13-18(26)23-12-19-24-20(25-28-19)14-7-6-8-15(22)11-14/h4-11H,12-13H2,1-3H3,(H,23,26). The number of rotatable bonds is 6. The smallest absolute Gasteiger partial charge is 0.258 e. The van der Waals surface area contributed by atoms with Crippen LogP contribution in [0.3, 0.4) is 0 Å². The molecule has 0 aliphatic rings. The molecule has 0 unspecified atom stereocenters. The van der Waals surface area contributed by atoms with Crippen LogP contribution in [0.1, 0.15) is 32.2 Å². The Morgan fingerprint density at radius 3 is 2.71 bits per heavy atom. The Morgan fingerprint density at radius 1 is 1.18 bits per heavy atom. The number of nitrogens with zero attached hydrogens (tertiary/aromatic N) is 2. The lowest BCUT2D eigenvalue weighted by Gasteiger charge is -2.22. The Kier molecular flexibility index (Phi) is 6.14. The molecule has 0 bridgehead atoms. The summed E-state index contributed by atoms with van der Waals surface area (Å²) in [5.74, 6) is 1.25. The molecule has 1 aromatic heterocycles. The van der Waals surface area contributed by atoms with Crippen LogP contribution in [0.25, 0.3) is 11.4 Å². The first-order valence-electron chi connectivity index (χ1n) is 8.90. The van der Waals surface area contributed by atoms with E-state index in [4.69, 9.17) is 9.26 Å². The Bertz CT molecular complexity index is 963. The van der Waals surface area contributed by atoms with Gasteiger partial charge in [0.05, 0.1) is 6.54 Å². The first kappa shape index (κ1) is 20.1. The van der Waals surface area contributed by atoms with E-state index in [9.17, 15) is 4.79 Å². The van der Waals surface area contributed by atoms with Crippen molar-refractivity contribution in [2.75, 3.05) is 6.61 Å². The number of halogens is 1. The van der Waals surface area contributed by atoms with Crippen LogP contribution < -0.4 is 10.1 Å². The molecule has 1 amide bonds. The minimum Gasteiger partial charge on any atom is -0.483 e. The van der Waals surface area contributed by atoms with Crippen molar-refractivity contribution < 1.29 is 14.1 Å².